The number of hydrogen-bond donors (Lipinski definition) is 2. The maximum atomic E-state index is 11.6. The van der Waals surface area contributed by atoms with Crippen LogP contribution in [0.3, 0.4) is 0 Å². The van der Waals surface area contributed by atoms with Gasteiger partial charge in [-0.15, -0.1) is 0 Å². The van der Waals surface area contributed by atoms with Gasteiger partial charge in [-0.2, -0.15) is 0 Å². The first kappa shape index (κ1) is 10.9. The van der Waals surface area contributed by atoms with Gasteiger partial charge in [-0.1, -0.05) is 6.92 Å². The van der Waals surface area contributed by atoms with Crippen LogP contribution in [0.25, 0.3) is 0 Å². The summed E-state index contributed by atoms with van der Waals surface area (Å²) in [6, 6.07) is 3.93. The van der Waals surface area contributed by atoms with Crippen molar-refractivity contribution in [1.82, 2.24) is 10.3 Å². The van der Waals surface area contributed by atoms with Crippen LogP contribution >= 0.6 is 0 Å². The SMILES string of the molecule is CC1CC(NC(=O)Cc2ccc(N)cn2)C1. The lowest BCUT2D eigenvalue weighted by Gasteiger charge is -2.33. The number of nitrogens with two attached hydrogens (primary N) is 1. The molecule has 4 nitrogen and oxygen atoms in total. The van der Waals surface area contributed by atoms with Crippen LogP contribution in [0.2, 0.25) is 0 Å². The van der Waals surface area contributed by atoms with Gasteiger partial charge in [-0.3, -0.25) is 9.78 Å². The zero-order chi connectivity index (χ0) is 11.5. The van der Waals surface area contributed by atoms with Gasteiger partial charge in [0.25, 0.3) is 0 Å². The number of amides is 1. The molecule has 0 atom stereocenters. The van der Waals surface area contributed by atoms with E-state index in [4.69, 9.17) is 5.73 Å². The minimum absolute atomic E-state index is 0.0502. The predicted octanol–water partition coefficient (Wildman–Crippen LogP) is 1.12. The lowest BCUT2D eigenvalue weighted by atomic mass is 9.82. The third-order valence-electron chi connectivity index (χ3n) is 2.93. The molecule has 0 aromatic carbocycles. The third-order valence-corrected chi connectivity index (χ3v) is 2.93. The standard InChI is InChI=1S/C12H17N3O/c1-8-4-11(5-8)15-12(16)6-10-3-2-9(13)7-14-10/h2-3,7-8,11H,4-6,13H2,1H3,(H,15,16). The summed E-state index contributed by atoms with van der Waals surface area (Å²) in [4.78, 5) is 15.7. The molecule has 1 amide bonds. The molecule has 0 saturated heterocycles. The molecule has 16 heavy (non-hydrogen) atoms. The van der Waals surface area contributed by atoms with Gasteiger partial charge in [-0.25, -0.2) is 0 Å². The van der Waals surface area contributed by atoms with E-state index in [-0.39, 0.29) is 5.91 Å². The lowest BCUT2D eigenvalue weighted by Crippen LogP contribution is -2.44. The highest BCUT2D eigenvalue weighted by atomic mass is 16.1. The number of pyridine rings is 1. The number of carbonyl (C=O) groups excluding carboxylic acids is 1. The van der Waals surface area contributed by atoms with Crippen LogP contribution < -0.4 is 11.1 Å². The Hall–Kier alpha value is -1.58. The summed E-state index contributed by atoms with van der Waals surface area (Å²) < 4.78 is 0. The quantitative estimate of drug-likeness (QED) is 0.800. The molecule has 0 radical (unpaired) electrons. The maximum Gasteiger partial charge on any atom is 0.226 e. The number of hydrogen-bond acceptors (Lipinski definition) is 3. The zero-order valence-electron chi connectivity index (χ0n) is 9.44. The minimum Gasteiger partial charge on any atom is -0.397 e. The fourth-order valence-electron chi connectivity index (χ4n) is 2.00. The second kappa shape index (κ2) is 4.51. The van der Waals surface area contributed by atoms with Crippen molar-refractivity contribution in [2.24, 2.45) is 5.92 Å². The Morgan fingerprint density at radius 2 is 2.31 bits per heavy atom. The summed E-state index contributed by atoms with van der Waals surface area (Å²) in [5.41, 5.74) is 6.91. The number of nitrogens with zero attached hydrogens (tertiary/aromatic N) is 1. The van der Waals surface area contributed by atoms with Crippen LogP contribution in [0, 0.1) is 5.92 Å². The Morgan fingerprint density at radius 3 is 2.88 bits per heavy atom. The molecule has 1 aliphatic carbocycles. The van der Waals surface area contributed by atoms with Crippen LogP contribution in [0.15, 0.2) is 18.3 Å². The second-order valence-corrected chi connectivity index (χ2v) is 4.60. The van der Waals surface area contributed by atoms with E-state index < -0.39 is 0 Å². The summed E-state index contributed by atoms with van der Waals surface area (Å²) in [5.74, 6) is 0.800. The summed E-state index contributed by atoms with van der Waals surface area (Å²) in [6.45, 7) is 2.20. The molecule has 1 aliphatic rings. The monoisotopic (exact) mass is 219 g/mol. The molecule has 86 valence electrons. The van der Waals surface area contributed by atoms with E-state index in [0.717, 1.165) is 24.5 Å². The average Bonchev–Trinajstić information content (AvgIpc) is 2.19. The molecule has 1 aromatic rings. The van der Waals surface area contributed by atoms with Gasteiger partial charge in [0.2, 0.25) is 5.91 Å². The third kappa shape index (κ3) is 2.72. The predicted molar refractivity (Wildman–Crippen MR) is 62.7 cm³/mol. The average molecular weight is 219 g/mol. The van der Waals surface area contributed by atoms with Crippen LogP contribution in [-0.4, -0.2) is 16.9 Å². The molecule has 1 heterocycles. The molecule has 2 rings (SSSR count). The highest BCUT2D eigenvalue weighted by Crippen LogP contribution is 2.26. The molecule has 0 aliphatic heterocycles. The summed E-state index contributed by atoms with van der Waals surface area (Å²) in [7, 11) is 0. The highest BCUT2D eigenvalue weighted by molar-refractivity contribution is 5.78. The summed E-state index contributed by atoms with van der Waals surface area (Å²) >= 11 is 0. The first-order valence-electron chi connectivity index (χ1n) is 5.63. The van der Waals surface area contributed by atoms with Crippen molar-refractivity contribution in [1.29, 1.82) is 0 Å². The van der Waals surface area contributed by atoms with E-state index in [0.29, 0.717) is 18.2 Å². The Bertz CT molecular complexity index is 368. The summed E-state index contributed by atoms with van der Waals surface area (Å²) in [6.07, 6.45) is 4.11. The molecule has 4 heteroatoms. The minimum atomic E-state index is 0.0502. The maximum absolute atomic E-state index is 11.6. The van der Waals surface area contributed by atoms with Gasteiger partial charge in [-0.05, 0) is 30.9 Å². The van der Waals surface area contributed by atoms with E-state index in [2.05, 4.69) is 17.2 Å². The lowest BCUT2D eigenvalue weighted by molar-refractivity contribution is -0.122. The van der Waals surface area contributed by atoms with Crippen LogP contribution in [-0.2, 0) is 11.2 Å². The van der Waals surface area contributed by atoms with Gasteiger partial charge in [0.1, 0.15) is 0 Å². The van der Waals surface area contributed by atoms with Crippen molar-refractivity contribution in [3.63, 3.8) is 0 Å². The largest absolute Gasteiger partial charge is 0.397 e. The highest BCUT2D eigenvalue weighted by Gasteiger charge is 2.26. The van der Waals surface area contributed by atoms with E-state index in [9.17, 15) is 4.79 Å². The number of rotatable bonds is 3. The molecular weight excluding hydrogens is 202 g/mol. The molecule has 0 bridgehead atoms. The summed E-state index contributed by atoms with van der Waals surface area (Å²) in [5, 5.41) is 3.00. The first-order valence-corrected chi connectivity index (χ1v) is 5.63. The Morgan fingerprint density at radius 1 is 1.56 bits per heavy atom. The van der Waals surface area contributed by atoms with E-state index in [1.54, 1.807) is 18.3 Å². The van der Waals surface area contributed by atoms with Crippen molar-refractivity contribution in [2.45, 2.75) is 32.2 Å². The Kier molecular flexibility index (Phi) is 3.08. The van der Waals surface area contributed by atoms with Gasteiger partial charge >= 0.3 is 0 Å². The topological polar surface area (TPSA) is 68.0 Å². The fourth-order valence-corrected chi connectivity index (χ4v) is 2.00. The van der Waals surface area contributed by atoms with Crippen molar-refractivity contribution in [3.05, 3.63) is 24.0 Å². The Labute approximate surface area is 95.3 Å². The van der Waals surface area contributed by atoms with Crippen molar-refractivity contribution >= 4 is 11.6 Å². The number of anilines is 1. The van der Waals surface area contributed by atoms with Crippen molar-refractivity contribution < 1.29 is 4.79 Å². The molecule has 0 unspecified atom stereocenters. The van der Waals surface area contributed by atoms with Crippen LogP contribution in [0.1, 0.15) is 25.5 Å². The van der Waals surface area contributed by atoms with Crippen LogP contribution in [0.5, 0.6) is 0 Å². The number of carbonyl (C=O) groups is 1. The molecule has 1 fully saturated rings. The van der Waals surface area contributed by atoms with Crippen molar-refractivity contribution in [2.75, 3.05) is 5.73 Å². The van der Waals surface area contributed by atoms with Crippen LogP contribution in [0.4, 0.5) is 5.69 Å². The molecule has 1 saturated carbocycles. The molecular formula is C12H17N3O. The normalized spacial score (nSPS) is 23.6. The molecule has 1 aromatic heterocycles. The Balaban J connectivity index is 1.80. The zero-order valence-corrected chi connectivity index (χ0v) is 9.44. The second-order valence-electron chi connectivity index (χ2n) is 4.60. The van der Waals surface area contributed by atoms with E-state index in [1.165, 1.54) is 0 Å². The molecule has 3 N–H and O–H groups in total. The van der Waals surface area contributed by atoms with Crippen molar-refractivity contribution in [3.8, 4) is 0 Å². The van der Waals surface area contributed by atoms with E-state index in [1.807, 2.05) is 0 Å². The van der Waals surface area contributed by atoms with E-state index >= 15 is 0 Å². The number of nitrogens with one attached hydrogen (secondary N) is 1. The first-order chi connectivity index (χ1) is 7.63. The van der Waals surface area contributed by atoms with Gasteiger partial charge in [0, 0.05) is 11.7 Å². The molecule has 0 spiro atoms. The number of aromatic nitrogens is 1. The van der Waals surface area contributed by atoms with Gasteiger partial charge < -0.3 is 11.1 Å². The van der Waals surface area contributed by atoms with Gasteiger partial charge in [0.05, 0.1) is 18.3 Å². The fraction of sp³-hybridized carbons (Fsp3) is 0.500. The van der Waals surface area contributed by atoms with Gasteiger partial charge in [0.15, 0.2) is 0 Å². The smallest absolute Gasteiger partial charge is 0.226 e. The number of nitrogen functional groups attached to an aromatic ring is 1.